The summed E-state index contributed by atoms with van der Waals surface area (Å²) in [4.78, 5) is 22.8. The zero-order chi connectivity index (χ0) is 13.8. The number of Topliss-reactive ketones (excluding diaryl/α,β-unsaturated/α-hetero) is 1. The van der Waals surface area contributed by atoms with Gasteiger partial charge >= 0.3 is 5.97 Å². The maximum atomic E-state index is 12.1. The lowest BCUT2D eigenvalue weighted by Crippen LogP contribution is -2.35. The Labute approximate surface area is 111 Å². The highest BCUT2D eigenvalue weighted by atomic mass is 16.5. The summed E-state index contributed by atoms with van der Waals surface area (Å²) in [6.07, 6.45) is 0. The molecule has 0 aliphatic carbocycles. The predicted molar refractivity (Wildman–Crippen MR) is 72.9 cm³/mol. The second kappa shape index (κ2) is 5.63. The molecule has 98 valence electrons. The Morgan fingerprint density at radius 2 is 1.84 bits per heavy atom. The third-order valence-corrected chi connectivity index (χ3v) is 2.84. The van der Waals surface area contributed by atoms with Crippen molar-refractivity contribution >= 4 is 22.5 Å². The molecule has 0 radical (unpaired) electrons. The molecular formula is C15H15NO3. The monoisotopic (exact) mass is 257 g/mol. The number of ether oxygens (including phenoxy) is 1. The smallest absolute Gasteiger partial charge is 0.302 e. The summed E-state index contributed by atoms with van der Waals surface area (Å²) in [7, 11) is 0. The number of rotatable bonds is 4. The number of carbonyl (C=O) groups is 2. The minimum Gasteiger partial charge on any atom is -0.464 e. The number of esters is 1. The number of benzene rings is 2. The van der Waals surface area contributed by atoms with E-state index in [1.165, 1.54) is 6.92 Å². The van der Waals surface area contributed by atoms with Crippen LogP contribution in [0.4, 0.5) is 0 Å². The third-order valence-electron chi connectivity index (χ3n) is 2.84. The fourth-order valence-electron chi connectivity index (χ4n) is 1.84. The molecule has 0 spiro atoms. The third kappa shape index (κ3) is 3.17. The van der Waals surface area contributed by atoms with Crippen LogP contribution in [0.15, 0.2) is 42.5 Å². The highest BCUT2D eigenvalue weighted by Crippen LogP contribution is 2.16. The molecule has 0 aromatic heterocycles. The van der Waals surface area contributed by atoms with Gasteiger partial charge in [0.1, 0.15) is 12.6 Å². The van der Waals surface area contributed by atoms with Gasteiger partial charge in [0, 0.05) is 12.5 Å². The molecular weight excluding hydrogens is 242 g/mol. The molecule has 0 amide bonds. The summed E-state index contributed by atoms with van der Waals surface area (Å²) in [6.45, 7) is 1.19. The molecule has 2 rings (SSSR count). The molecule has 2 aromatic rings. The fraction of sp³-hybridized carbons (Fsp3) is 0.200. The number of hydrogen-bond acceptors (Lipinski definition) is 4. The van der Waals surface area contributed by atoms with Crippen molar-refractivity contribution < 1.29 is 14.3 Å². The van der Waals surface area contributed by atoms with E-state index < -0.39 is 12.0 Å². The Bertz CT molecular complexity index is 622. The van der Waals surface area contributed by atoms with E-state index in [9.17, 15) is 9.59 Å². The van der Waals surface area contributed by atoms with E-state index in [-0.39, 0.29) is 12.4 Å². The minimum absolute atomic E-state index is 0.0962. The summed E-state index contributed by atoms with van der Waals surface area (Å²) in [5, 5.41) is 2.04. The molecule has 0 aliphatic rings. The van der Waals surface area contributed by atoms with E-state index in [2.05, 4.69) is 0 Å². The van der Waals surface area contributed by atoms with Gasteiger partial charge in [-0.15, -0.1) is 0 Å². The van der Waals surface area contributed by atoms with Crippen LogP contribution in [-0.4, -0.2) is 24.4 Å². The molecule has 0 fully saturated rings. The van der Waals surface area contributed by atoms with Gasteiger partial charge in [-0.05, 0) is 16.8 Å². The Morgan fingerprint density at radius 1 is 1.16 bits per heavy atom. The summed E-state index contributed by atoms with van der Waals surface area (Å²) in [6, 6.07) is 12.3. The van der Waals surface area contributed by atoms with Crippen LogP contribution in [0.25, 0.3) is 10.8 Å². The van der Waals surface area contributed by atoms with E-state index in [0.29, 0.717) is 5.56 Å². The van der Waals surface area contributed by atoms with E-state index in [0.717, 1.165) is 10.8 Å². The van der Waals surface area contributed by atoms with E-state index in [4.69, 9.17) is 10.5 Å². The molecule has 4 heteroatoms. The highest BCUT2D eigenvalue weighted by molar-refractivity contribution is 6.03. The topological polar surface area (TPSA) is 69.4 Å². The van der Waals surface area contributed by atoms with E-state index in [1.807, 2.05) is 30.3 Å². The normalized spacial score (nSPS) is 12.1. The van der Waals surface area contributed by atoms with Crippen LogP contribution >= 0.6 is 0 Å². The van der Waals surface area contributed by atoms with Crippen LogP contribution in [0.5, 0.6) is 0 Å². The standard InChI is InChI=1S/C15H15NO3/c1-10(17)19-9-14(16)15(18)13-7-6-11-4-2-3-5-12(11)8-13/h2-8,14H,9,16H2,1H3/t14-/m1/s1. The van der Waals surface area contributed by atoms with Crippen LogP contribution in [0.1, 0.15) is 17.3 Å². The molecule has 0 saturated carbocycles. The Kier molecular flexibility index (Phi) is 3.92. The van der Waals surface area contributed by atoms with Crippen molar-refractivity contribution in [2.24, 2.45) is 5.73 Å². The van der Waals surface area contributed by atoms with Gasteiger partial charge < -0.3 is 10.5 Å². The van der Waals surface area contributed by atoms with Crippen molar-refractivity contribution in [3.05, 3.63) is 48.0 Å². The Hall–Kier alpha value is -2.20. The van der Waals surface area contributed by atoms with Gasteiger partial charge in [-0.3, -0.25) is 9.59 Å². The molecule has 2 N–H and O–H groups in total. The van der Waals surface area contributed by atoms with Crippen LogP contribution in [0.2, 0.25) is 0 Å². The van der Waals surface area contributed by atoms with Crippen molar-refractivity contribution in [2.45, 2.75) is 13.0 Å². The van der Waals surface area contributed by atoms with E-state index in [1.54, 1.807) is 12.1 Å². The molecule has 0 unspecified atom stereocenters. The van der Waals surface area contributed by atoms with Crippen molar-refractivity contribution in [1.82, 2.24) is 0 Å². The van der Waals surface area contributed by atoms with Crippen LogP contribution < -0.4 is 5.73 Å². The molecule has 0 bridgehead atoms. The lowest BCUT2D eigenvalue weighted by molar-refractivity contribution is -0.141. The molecule has 4 nitrogen and oxygen atoms in total. The molecule has 0 heterocycles. The second-order valence-electron chi connectivity index (χ2n) is 4.34. The van der Waals surface area contributed by atoms with Gasteiger partial charge in [0.25, 0.3) is 0 Å². The minimum atomic E-state index is -0.829. The SMILES string of the molecule is CC(=O)OC[C@@H](N)C(=O)c1ccc2ccccc2c1. The van der Waals surface area contributed by atoms with Gasteiger partial charge in [-0.2, -0.15) is 0 Å². The Morgan fingerprint density at radius 3 is 2.53 bits per heavy atom. The molecule has 19 heavy (non-hydrogen) atoms. The van der Waals surface area contributed by atoms with Gasteiger partial charge in [0.05, 0.1) is 0 Å². The second-order valence-corrected chi connectivity index (χ2v) is 4.34. The number of nitrogens with two attached hydrogens (primary N) is 1. The van der Waals surface area contributed by atoms with Crippen molar-refractivity contribution in [1.29, 1.82) is 0 Å². The van der Waals surface area contributed by atoms with Crippen molar-refractivity contribution in [2.75, 3.05) is 6.61 Å². The van der Waals surface area contributed by atoms with Gasteiger partial charge in [-0.1, -0.05) is 36.4 Å². The summed E-state index contributed by atoms with van der Waals surface area (Å²) in [5.74, 6) is -0.672. The fourth-order valence-corrected chi connectivity index (χ4v) is 1.84. The Balaban J connectivity index is 2.19. The summed E-state index contributed by atoms with van der Waals surface area (Å²) in [5.41, 5.74) is 6.24. The lowest BCUT2D eigenvalue weighted by atomic mass is 10.0. The largest absolute Gasteiger partial charge is 0.464 e. The average molecular weight is 257 g/mol. The van der Waals surface area contributed by atoms with Gasteiger partial charge in [0.2, 0.25) is 0 Å². The maximum absolute atomic E-state index is 12.1. The first-order valence-electron chi connectivity index (χ1n) is 6.00. The quantitative estimate of drug-likeness (QED) is 0.671. The zero-order valence-corrected chi connectivity index (χ0v) is 10.6. The van der Waals surface area contributed by atoms with Gasteiger partial charge in [0.15, 0.2) is 5.78 Å². The van der Waals surface area contributed by atoms with Crippen molar-refractivity contribution in [3.63, 3.8) is 0 Å². The molecule has 0 saturated heterocycles. The molecule has 1 atom stereocenters. The van der Waals surface area contributed by atoms with Crippen LogP contribution in [-0.2, 0) is 9.53 Å². The molecule has 2 aromatic carbocycles. The van der Waals surface area contributed by atoms with E-state index >= 15 is 0 Å². The highest BCUT2D eigenvalue weighted by Gasteiger charge is 2.17. The first-order valence-corrected chi connectivity index (χ1v) is 6.00. The molecule has 0 aliphatic heterocycles. The lowest BCUT2D eigenvalue weighted by Gasteiger charge is -2.11. The van der Waals surface area contributed by atoms with Crippen LogP contribution in [0.3, 0.4) is 0 Å². The number of ketones is 1. The van der Waals surface area contributed by atoms with Crippen LogP contribution in [0, 0.1) is 0 Å². The van der Waals surface area contributed by atoms with Crippen molar-refractivity contribution in [3.8, 4) is 0 Å². The predicted octanol–water partition coefficient (Wildman–Crippen LogP) is 1.91. The number of fused-ring (bicyclic) bond motifs is 1. The zero-order valence-electron chi connectivity index (χ0n) is 10.6. The first-order chi connectivity index (χ1) is 9.08. The van der Waals surface area contributed by atoms with Gasteiger partial charge in [-0.25, -0.2) is 0 Å². The number of hydrogen-bond donors (Lipinski definition) is 1. The summed E-state index contributed by atoms with van der Waals surface area (Å²) >= 11 is 0. The average Bonchev–Trinajstić information content (AvgIpc) is 2.43. The maximum Gasteiger partial charge on any atom is 0.302 e. The number of carbonyl (C=O) groups excluding carboxylic acids is 2. The first kappa shape index (κ1) is 13.2. The summed E-state index contributed by atoms with van der Waals surface area (Å²) < 4.78 is 4.75.